The van der Waals surface area contributed by atoms with Gasteiger partial charge in [-0.3, -0.25) is 0 Å². The van der Waals surface area contributed by atoms with E-state index in [0.717, 1.165) is 36.3 Å². The number of halogens is 3. The minimum Gasteiger partial charge on any atom is -0.204 e. The average molecular weight is 403 g/mol. The molecule has 2 aromatic rings. The molecule has 1 fully saturated rings. The Balaban J connectivity index is 1.55. The van der Waals surface area contributed by atoms with E-state index in [9.17, 15) is 13.2 Å². The molecular weight excluding hydrogens is 369 g/mol. The van der Waals surface area contributed by atoms with E-state index in [-0.39, 0.29) is 0 Å². The van der Waals surface area contributed by atoms with Gasteiger partial charge in [-0.1, -0.05) is 63.8 Å². The largest absolute Gasteiger partial charge is 0.204 e. The summed E-state index contributed by atoms with van der Waals surface area (Å²) in [7, 11) is 0. The van der Waals surface area contributed by atoms with Crippen LogP contribution in [0.15, 0.2) is 36.4 Å². The molecule has 0 saturated heterocycles. The lowest BCUT2D eigenvalue weighted by Gasteiger charge is -2.33. The maximum Gasteiger partial charge on any atom is 0.194 e. The summed E-state index contributed by atoms with van der Waals surface area (Å²) in [4.78, 5) is 0. The molecule has 0 amide bonds. The van der Waals surface area contributed by atoms with Gasteiger partial charge in [0.05, 0.1) is 0 Å². The number of hydrogen-bond acceptors (Lipinski definition) is 0. The van der Waals surface area contributed by atoms with Gasteiger partial charge in [0.15, 0.2) is 17.5 Å². The third-order valence-corrected chi connectivity index (χ3v) is 6.70. The van der Waals surface area contributed by atoms with Crippen LogP contribution in [0.3, 0.4) is 0 Å². The SMILES string of the molecule is CCCC(CCCc1ccc(-c2cc(F)c(F)c(F)c2)cc1)C1CCC(C)CC1. The maximum absolute atomic E-state index is 13.5. The van der Waals surface area contributed by atoms with Gasteiger partial charge >= 0.3 is 0 Å². The average Bonchev–Trinajstić information content (AvgIpc) is 2.72. The van der Waals surface area contributed by atoms with Gasteiger partial charge < -0.3 is 0 Å². The Bertz CT molecular complexity index is 750. The van der Waals surface area contributed by atoms with Crippen molar-refractivity contribution >= 4 is 0 Å². The highest BCUT2D eigenvalue weighted by Gasteiger charge is 2.25. The highest BCUT2D eigenvalue weighted by atomic mass is 19.2. The fourth-order valence-electron chi connectivity index (χ4n) is 4.90. The minimum atomic E-state index is -1.42. The van der Waals surface area contributed by atoms with Crippen LogP contribution in [0.25, 0.3) is 11.1 Å². The zero-order valence-electron chi connectivity index (χ0n) is 17.7. The van der Waals surface area contributed by atoms with Gasteiger partial charge in [-0.2, -0.15) is 0 Å². The van der Waals surface area contributed by atoms with Gasteiger partial charge in [-0.25, -0.2) is 13.2 Å². The lowest BCUT2D eigenvalue weighted by atomic mass is 9.73. The second-order valence-electron chi connectivity index (χ2n) is 8.91. The van der Waals surface area contributed by atoms with Crippen molar-refractivity contribution in [1.29, 1.82) is 0 Å². The molecule has 0 N–H and O–H groups in total. The normalized spacial score (nSPS) is 20.6. The standard InChI is InChI=1S/C26H33F3/c1-3-5-20(21-12-8-18(2)9-13-21)7-4-6-19-10-14-22(15-11-19)23-16-24(27)26(29)25(28)17-23/h10-11,14-18,20-21H,3-9,12-13H2,1-2H3. The zero-order valence-corrected chi connectivity index (χ0v) is 17.7. The Labute approximate surface area is 173 Å². The van der Waals surface area contributed by atoms with Gasteiger partial charge in [0.2, 0.25) is 0 Å². The number of aryl methyl sites for hydroxylation is 1. The predicted molar refractivity (Wildman–Crippen MR) is 114 cm³/mol. The Morgan fingerprint density at radius 3 is 2.07 bits per heavy atom. The molecule has 0 aromatic heterocycles. The molecular formula is C26H33F3. The van der Waals surface area contributed by atoms with Crippen molar-refractivity contribution in [2.75, 3.05) is 0 Å². The van der Waals surface area contributed by atoms with E-state index in [2.05, 4.69) is 13.8 Å². The molecule has 3 rings (SSSR count). The summed E-state index contributed by atoms with van der Waals surface area (Å²) < 4.78 is 40.1. The summed E-state index contributed by atoms with van der Waals surface area (Å²) in [6.07, 6.45) is 11.6. The third kappa shape index (κ3) is 5.87. The molecule has 1 saturated carbocycles. The molecule has 0 radical (unpaired) electrons. The van der Waals surface area contributed by atoms with Crippen LogP contribution in [-0.2, 0) is 6.42 Å². The van der Waals surface area contributed by atoms with Crippen LogP contribution in [0.5, 0.6) is 0 Å². The third-order valence-electron chi connectivity index (χ3n) is 6.70. The van der Waals surface area contributed by atoms with Gasteiger partial charge in [0.25, 0.3) is 0 Å². The molecule has 0 nitrogen and oxygen atoms in total. The van der Waals surface area contributed by atoms with E-state index in [1.807, 2.05) is 24.3 Å². The molecule has 1 atom stereocenters. The first-order valence-electron chi connectivity index (χ1n) is 11.2. The van der Waals surface area contributed by atoms with Gasteiger partial charge in [0, 0.05) is 0 Å². The summed E-state index contributed by atoms with van der Waals surface area (Å²) >= 11 is 0. The predicted octanol–water partition coefficient (Wildman–Crippen LogP) is 8.34. The van der Waals surface area contributed by atoms with Crippen molar-refractivity contribution in [1.82, 2.24) is 0 Å². The molecule has 0 aliphatic heterocycles. The first-order valence-corrected chi connectivity index (χ1v) is 11.2. The van der Waals surface area contributed by atoms with E-state index in [0.29, 0.717) is 11.1 Å². The van der Waals surface area contributed by atoms with Crippen molar-refractivity contribution in [2.24, 2.45) is 17.8 Å². The van der Waals surface area contributed by atoms with Crippen LogP contribution >= 0.6 is 0 Å². The topological polar surface area (TPSA) is 0 Å². The molecule has 2 aromatic carbocycles. The van der Waals surface area contributed by atoms with Crippen molar-refractivity contribution < 1.29 is 13.2 Å². The molecule has 0 heterocycles. The first-order chi connectivity index (χ1) is 14.0. The fourth-order valence-corrected chi connectivity index (χ4v) is 4.90. The van der Waals surface area contributed by atoms with Gasteiger partial charge in [0.1, 0.15) is 0 Å². The molecule has 29 heavy (non-hydrogen) atoms. The van der Waals surface area contributed by atoms with Crippen LogP contribution in [0.2, 0.25) is 0 Å². The second kappa shape index (κ2) is 10.3. The van der Waals surface area contributed by atoms with Gasteiger partial charge in [-0.05, 0) is 78.7 Å². The summed E-state index contributed by atoms with van der Waals surface area (Å²) in [6.45, 7) is 4.67. The van der Waals surface area contributed by atoms with Gasteiger partial charge in [-0.15, -0.1) is 0 Å². The van der Waals surface area contributed by atoms with E-state index >= 15 is 0 Å². The lowest BCUT2D eigenvalue weighted by Crippen LogP contribution is -2.21. The van der Waals surface area contributed by atoms with Crippen LogP contribution < -0.4 is 0 Å². The molecule has 0 spiro atoms. The molecule has 1 unspecified atom stereocenters. The zero-order chi connectivity index (χ0) is 20.8. The Kier molecular flexibility index (Phi) is 7.80. The Hall–Kier alpha value is -1.77. The van der Waals surface area contributed by atoms with Crippen LogP contribution in [0.1, 0.15) is 70.8 Å². The first kappa shape index (κ1) is 21.9. The molecule has 158 valence electrons. The van der Waals surface area contributed by atoms with Crippen LogP contribution in [0, 0.1) is 35.2 Å². The second-order valence-corrected chi connectivity index (χ2v) is 8.91. The van der Waals surface area contributed by atoms with Crippen molar-refractivity contribution in [3.8, 4) is 11.1 Å². The van der Waals surface area contributed by atoms with E-state index in [1.165, 1.54) is 56.9 Å². The molecule has 1 aliphatic carbocycles. The Morgan fingerprint density at radius 2 is 1.48 bits per heavy atom. The summed E-state index contributed by atoms with van der Waals surface area (Å²) in [5.74, 6) is -1.07. The summed E-state index contributed by atoms with van der Waals surface area (Å²) in [5.41, 5.74) is 2.30. The Morgan fingerprint density at radius 1 is 0.862 bits per heavy atom. The number of rotatable bonds is 8. The smallest absolute Gasteiger partial charge is 0.194 e. The number of benzene rings is 2. The fraction of sp³-hybridized carbons (Fsp3) is 0.538. The van der Waals surface area contributed by atoms with Crippen LogP contribution in [-0.4, -0.2) is 0 Å². The monoisotopic (exact) mass is 402 g/mol. The van der Waals surface area contributed by atoms with Crippen molar-refractivity contribution in [3.63, 3.8) is 0 Å². The quantitative estimate of drug-likeness (QED) is 0.389. The molecule has 3 heteroatoms. The van der Waals surface area contributed by atoms with E-state index in [1.54, 1.807) is 0 Å². The molecule has 1 aliphatic rings. The number of hydrogen-bond donors (Lipinski definition) is 0. The van der Waals surface area contributed by atoms with Crippen molar-refractivity contribution in [2.45, 2.75) is 71.6 Å². The highest BCUT2D eigenvalue weighted by Crippen LogP contribution is 2.37. The minimum absolute atomic E-state index is 0.363. The highest BCUT2D eigenvalue weighted by molar-refractivity contribution is 5.63. The van der Waals surface area contributed by atoms with Crippen LogP contribution in [0.4, 0.5) is 13.2 Å². The summed E-state index contributed by atoms with van der Waals surface area (Å²) in [5, 5.41) is 0. The lowest BCUT2D eigenvalue weighted by molar-refractivity contribution is 0.191. The van der Waals surface area contributed by atoms with Crippen molar-refractivity contribution in [3.05, 3.63) is 59.4 Å². The summed E-state index contributed by atoms with van der Waals surface area (Å²) in [6, 6.07) is 9.87. The molecule has 0 bridgehead atoms. The maximum atomic E-state index is 13.5. The van der Waals surface area contributed by atoms with E-state index < -0.39 is 17.5 Å². The van der Waals surface area contributed by atoms with E-state index in [4.69, 9.17) is 0 Å².